The van der Waals surface area contributed by atoms with Gasteiger partial charge in [0.1, 0.15) is 11.6 Å². The van der Waals surface area contributed by atoms with Crippen LogP contribution < -0.4 is 4.90 Å². The Morgan fingerprint density at radius 1 is 1.32 bits per heavy atom. The lowest BCUT2D eigenvalue weighted by atomic mass is 10.1. The van der Waals surface area contributed by atoms with Gasteiger partial charge in [-0.1, -0.05) is 5.57 Å². The maximum Gasteiger partial charge on any atom is 0.251 e. The van der Waals surface area contributed by atoms with E-state index in [1.807, 2.05) is 13.0 Å². The van der Waals surface area contributed by atoms with Gasteiger partial charge in [-0.3, -0.25) is 4.79 Å². The smallest absolute Gasteiger partial charge is 0.251 e. The van der Waals surface area contributed by atoms with Crippen molar-refractivity contribution in [2.45, 2.75) is 26.3 Å². The van der Waals surface area contributed by atoms with Gasteiger partial charge in [-0.15, -0.1) is 0 Å². The summed E-state index contributed by atoms with van der Waals surface area (Å²) in [5, 5.41) is 0. The van der Waals surface area contributed by atoms with Crippen LogP contribution in [-0.4, -0.2) is 5.91 Å². The van der Waals surface area contributed by atoms with Crippen molar-refractivity contribution in [2.75, 3.05) is 4.90 Å². The molecule has 1 heterocycles. The van der Waals surface area contributed by atoms with E-state index in [1.165, 1.54) is 12.1 Å². The molecule has 0 radical (unpaired) electrons. The molecule has 0 aliphatic heterocycles. The fourth-order valence-electron chi connectivity index (χ4n) is 2.41. The van der Waals surface area contributed by atoms with Gasteiger partial charge >= 0.3 is 0 Å². The highest BCUT2D eigenvalue weighted by Gasteiger charge is 2.25. The predicted molar refractivity (Wildman–Crippen MR) is 82.8 cm³/mol. The topological polar surface area (TPSA) is 33.5 Å². The van der Waals surface area contributed by atoms with Crippen molar-refractivity contribution >= 4 is 11.6 Å². The number of halogens is 1. The summed E-state index contributed by atoms with van der Waals surface area (Å²) in [6.07, 6.45) is 5.58. The van der Waals surface area contributed by atoms with Gasteiger partial charge in [0, 0.05) is 11.8 Å². The van der Waals surface area contributed by atoms with Crippen molar-refractivity contribution in [3.63, 3.8) is 0 Å². The Balaban J connectivity index is 1.86. The molecule has 1 aromatic carbocycles. The Kier molecular flexibility index (Phi) is 4.09. The van der Waals surface area contributed by atoms with Crippen LogP contribution in [0.15, 0.2) is 58.7 Å². The van der Waals surface area contributed by atoms with Crippen molar-refractivity contribution in [2.24, 2.45) is 5.92 Å². The summed E-state index contributed by atoms with van der Waals surface area (Å²) in [6, 6.07) is 9.53. The first-order chi connectivity index (χ1) is 10.6. The average molecular weight is 299 g/mol. The molecule has 114 valence electrons. The number of carbonyl (C=O) groups excluding carboxylic acids is 1. The Hall–Kier alpha value is -2.36. The fraction of sp³-hybridized carbons (Fsp3) is 0.278. The molecule has 0 atom stereocenters. The van der Waals surface area contributed by atoms with Crippen LogP contribution in [0.1, 0.15) is 25.5 Å². The zero-order valence-corrected chi connectivity index (χ0v) is 12.5. The molecular formula is C18H18FNO2. The largest absolute Gasteiger partial charge is 0.467 e. The van der Waals surface area contributed by atoms with E-state index in [2.05, 4.69) is 0 Å². The molecule has 0 unspecified atom stereocenters. The molecule has 1 aliphatic rings. The van der Waals surface area contributed by atoms with E-state index in [-0.39, 0.29) is 11.7 Å². The number of benzene rings is 1. The lowest BCUT2D eigenvalue weighted by molar-refractivity contribution is -0.114. The molecule has 1 saturated carbocycles. The summed E-state index contributed by atoms with van der Waals surface area (Å²) in [5.74, 6) is 0.809. The van der Waals surface area contributed by atoms with E-state index in [4.69, 9.17) is 4.42 Å². The molecule has 0 bridgehead atoms. The van der Waals surface area contributed by atoms with Gasteiger partial charge < -0.3 is 9.32 Å². The maximum atomic E-state index is 13.1. The zero-order valence-electron chi connectivity index (χ0n) is 12.5. The van der Waals surface area contributed by atoms with E-state index in [9.17, 15) is 9.18 Å². The van der Waals surface area contributed by atoms with Crippen LogP contribution in [0, 0.1) is 11.7 Å². The van der Waals surface area contributed by atoms with Crippen molar-refractivity contribution < 1.29 is 13.6 Å². The Labute approximate surface area is 129 Å². The SMILES string of the molecule is CC(=CC(=O)N(Cc1ccco1)c1ccc(F)cc1)C1CC1. The van der Waals surface area contributed by atoms with Crippen LogP contribution in [0.2, 0.25) is 0 Å². The Bertz CT molecular complexity index is 670. The first-order valence-electron chi connectivity index (χ1n) is 7.41. The van der Waals surface area contributed by atoms with Crippen molar-refractivity contribution in [1.29, 1.82) is 0 Å². The highest BCUT2D eigenvalue weighted by Crippen LogP contribution is 2.36. The summed E-state index contributed by atoms with van der Waals surface area (Å²) < 4.78 is 18.5. The molecule has 0 spiro atoms. The van der Waals surface area contributed by atoms with Gasteiger partial charge in [0.2, 0.25) is 0 Å². The molecule has 0 saturated heterocycles. The molecule has 4 heteroatoms. The quantitative estimate of drug-likeness (QED) is 0.771. The Morgan fingerprint density at radius 3 is 2.64 bits per heavy atom. The molecule has 1 amide bonds. The highest BCUT2D eigenvalue weighted by molar-refractivity contribution is 6.01. The van der Waals surface area contributed by atoms with E-state index < -0.39 is 0 Å². The summed E-state index contributed by atoms with van der Waals surface area (Å²) in [6.45, 7) is 2.32. The molecule has 1 aromatic heterocycles. The van der Waals surface area contributed by atoms with E-state index in [0.717, 1.165) is 18.4 Å². The van der Waals surface area contributed by atoms with E-state index >= 15 is 0 Å². The second kappa shape index (κ2) is 6.18. The monoisotopic (exact) mass is 299 g/mol. The van der Waals surface area contributed by atoms with Crippen LogP contribution in [0.4, 0.5) is 10.1 Å². The summed E-state index contributed by atoms with van der Waals surface area (Å²) in [4.78, 5) is 14.2. The molecule has 1 fully saturated rings. The number of amides is 1. The summed E-state index contributed by atoms with van der Waals surface area (Å²) in [7, 11) is 0. The summed E-state index contributed by atoms with van der Waals surface area (Å²) >= 11 is 0. The number of carbonyl (C=O) groups is 1. The number of nitrogens with zero attached hydrogens (tertiary/aromatic N) is 1. The van der Waals surface area contributed by atoms with Gasteiger partial charge in [0.05, 0.1) is 12.8 Å². The minimum Gasteiger partial charge on any atom is -0.467 e. The molecule has 3 rings (SSSR count). The summed E-state index contributed by atoms with van der Waals surface area (Å²) in [5.41, 5.74) is 1.76. The first kappa shape index (κ1) is 14.6. The van der Waals surface area contributed by atoms with E-state index in [0.29, 0.717) is 23.9 Å². The maximum absolute atomic E-state index is 13.1. The second-order valence-electron chi connectivity index (χ2n) is 5.64. The van der Waals surface area contributed by atoms with Gasteiger partial charge in [0.15, 0.2) is 0 Å². The number of allylic oxidation sites excluding steroid dienone is 1. The molecule has 2 aromatic rings. The number of rotatable bonds is 5. The van der Waals surface area contributed by atoms with Crippen molar-refractivity contribution in [3.05, 3.63) is 65.9 Å². The van der Waals surface area contributed by atoms with Gasteiger partial charge in [-0.25, -0.2) is 4.39 Å². The lowest BCUT2D eigenvalue weighted by Gasteiger charge is -2.20. The molecule has 3 nitrogen and oxygen atoms in total. The fourth-order valence-corrected chi connectivity index (χ4v) is 2.41. The van der Waals surface area contributed by atoms with Gasteiger partial charge in [-0.05, 0) is 62.1 Å². The van der Waals surface area contributed by atoms with Crippen LogP contribution in [0.25, 0.3) is 0 Å². The van der Waals surface area contributed by atoms with Crippen molar-refractivity contribution in [3.8, 4) is 0 Å². The highest BCUT2D eigenvalue weighted by atomic mass is 19.1. The molecule has 22 heavy (non-hydrogen) atoms. The minimum atomic E-state index is -0.321. The molecule has 0 N–H and O–H groups in total. The third kappa shape index (κ3) is 3.45. The number of hydrogen-bond donors (Lipinski definition) is 0. The minimum absolute atomic E-state index is 0.104. The van der Waals surface area contributed by atoms with Crippen molar-refractivity contribution in [1.82, 2.24) is 0 Å². The predicted octanol–water partition coefficient (Wildman–Crippen LogP) is 4.31. The molecular weight excluding hydrogens is 281 g/mol. The van der Waals surface area contributed by atoms with Crippen LogP contribution >= 0.6 is 0 Å². The number of anilines is 1. The van der Waals surface area contributed by atoms with Crippen LogP contribution in [0.3, 0.4) is 0 Å². The third-order valence-corrected chi connectivity index (χ3v) is 3.87. The van der Waals surface area contributed by atoms with E-state index in [1.54, 1.807) is 35.4 Å². The first-order valence-corrected chi connectivity index (χ1v) is 7.41. The second-order valence-corrected chi connectivity index (χ2v) is 5.64. The lowest BCUT2D eigenvalue weighted by Crippen LogP contribution is -2.28. The van der Waals surface area contributed by atoms with Crippen LogP contribution in [-0.2, 0) is 11.3 Å². The third-order valence-electron chi connectivity index (χ3n) is 3.87. The zero-order chi connectivity index (χ0) is 15.5. The number of furan rings is 1. The van der Waals surface area contributed by atoms with Gasteiger partial charge in [0.25, 0.3) is 5.91 Å². The average Bonchev–Trinajstić information content (AvgIpc) is 3.23. The molecule has 1 aliphatic carbocycles. The standard InChI is InChI=1S/C18H18FNO2/c1-13(14-4-5-14)11-18(21)20(12-17-3-2-10-22-17)16-8-6-15(19)7-9-16/h2-3,6-11,14H,4-5,12H2,1H3. The Morgan fingerprint density at radius 2 is 2.05 bits per heavy atom. The van der Waals surface area contributed by atoms with Gasteiger partial charge in [-0.2, -0.15) is 0 Å². The van der Waals surface area contributed by atoms with Crippen LogP contribution in [0.5, 0.6) is 0 Å². The normalized spacial score (nSPS) is 14.9. The number of hydrogen-bond acceptors (Lipinski definition) is 2.